The third-order valence-electron chi connectivity index (χ3n) is 1.29. The molecule has 1 aromatic carbocycles. The number of benzene rings is 1. The molecule has 0 atom stereocenters. The molecule has 0 aliphatic heterocycles. The third-order valence-corrected chi connectivity index (χ3v) is 1.29. The third kappa shape index (κ3) is 2.89. The first-order chi connectivity index (χ1) is 5.29. The standard InChI is InChI=1S/C10H12N/c1-11(2)9-8-10-6-4-3-5-7-10/h3-8H,1-2H3. The molecular formula is C10H12N. The number of hydrogen-bond acceptors (Lipinski definition) is 1. The van der Waals surface area contributed by atoms with E-state index in [9.17, 15) is 0 Å². The van der Waals surface area contributed by atoms with Crippen molar-refractivity contribution in [1.82, 2.24) is 4.90 Å². The van der Waals surface area contributed by atoms with Gasteiger partial charge in [-0.2, -0.15) is 0 Å². The molecule has 0 saturated carbocycles. The number of rotatable bonds is 2. The molecule has 0 saturated heterocycles. The Hall–Kier alpha value is -1.24. The molecule has 0 aliphatic rings. The Balaban J connectivity index is 2.65. The van der Waals surface area contributed by atoms with E-state index in [4.69, 9.17) is 0 Å². The van der Waals surface area contributed by atoms with Gasteiger partial charge in [-0.25, -0.2) is 0 Å². The molecule has 0 aliphatic carbocycles. The van der Waals surface area contributed by atoms with Crippen LogP contribution in [0.1, 0.15) is 5.56 Å². The highest BCUT2D eigenvalue weighted by atomic mass is 15.0. The Morgan fingerprint density at radius 1 is 1.18 bits per heavy atom. The van der Waals surface area contributed by atoms with Crippen molar-refractivity contribution in [3.05, 3.63) is 42.1 Å². The van der Waals surface area contributed by atoms with E-state index >= 15 is 0 Å². The van der Waals surface area contributed by atoms with E-state index in [1.165, 1.54) is 5.56 Å². The van der Waals surface area contributed by atoms with Gasteiger partial charge in [0.1, 0.15) is 0 Å². The molecule has 0 spiro atoms. The Morgan fingerprint density at radius 2 is 1.82 bits per heavy atom. The molecule has 0 amide bonds. The van der Waals surface area contributed by atoms with Crippen LogP contribution in [0.2, 0.25) is 0 Å². The SMILES string of the molecule is CN(C)/[C]=C/c1ccccc1. The lowest BCUT2D eigenvalue weighted by Gasteiger charge is -2.00. The van der Waals surface area contributed by atoms with Crippen LogP contribution in [0.5, 0.6) is 0 Å². The zero-order valence-electron chi connectivity index (χ0n) is 6.91. The summed E-state index contributed by atoms with van der Waals surface area (Å²) in [4.78, 5) is 1.90. The lowest BCUT2D eigenvalue weighted by molar-refractivity contribution is 0.543. The average Bonchev–Trinajstić information content (AvgIpc) is 2.03. The second-order valence-corrected chi connectivity index (χ2v) is 2.58. The second-order valence-electron chi connectivity index (χ2n) is 2.58. The smallest absolute Gasteiger partial charge is 0.0604 e. The molecular weight excluding hydrogens is 134 g/mol. The highest BCUT2D eigenvalue weighted by Gasteiger charge is 1.82. The van der Waals surface area contributed by atoms with E-state index in [1.807, 2.05) is 43.3 Å². The quantitative estimate of drug-likeness (QED) is 0.577. The first-order valence-electron chi connectivity index (χ1n) is 3.61. The van der Waals surface area contributed by atoms with E-state index < -0.39 is 0 Å². The lowest BCUT2D eigenvalue weighted by Crippen LogP contribution is -2.00. The van der Waals surface area contributed by atoms with Crippen LogP contribution in [-0.2, 0) is 0 Å². The summed E-state index contributed by atoms with van der Waals surface area (Å²) in [5, 5.41) is 0. The minimum absolute atomic E-state index is 1.18. The summed E-state index contributed by atoms with van der Waals surface area (Å²) < 4.78 is 0. The summed E-state index contributed by atoms with van der Waals surface area (Å²) in [6, 6.07) is 10.1. The zero-order valence-corrected chi connectivity index (χ0v) is 6.91. The molecule has 0 aromatic heterocycles. The van der Waals surface area contributed by atoms with Gasteiger partial charge in [-0.1, -0.05) is 30.3 Å². The van der Waals surface area contributed by atoms with E-state index in [2.05, 4.69) is 18.3 Å². The van der Waals surface area contributed by atoms with E-state index in [1.54, 1.807) is 0 Å². The molecule has 0 bridgehead atoms. The first kappa shape index (κ1) is 7.86. The lowest BCUT2D eigenvalue weighted by atomic mass is 10.2. The van der Waals surface area contributed by atoms with Crippen LogP contribution in [-0.4, -0.2) is 19.0 Å². The average molecular weight is 146 g/mol. The first-order valence-corrected chi connectivity index (χ1v) is 3.61. The maximum Gasteiger partial charge on any atom is 0.0604 e. The molecule has 1 aromatic rings. The van der Waals surface area contributed by atoms with Gasteiger partial charge in [0.25, 0.3) is 0 Å². The largest absolute Gasteiger partial charge is 0.376 e. The van der Waals surface area contributed by atoms with Crippen LogP contribution in [0.25, 0.3) is 6.08 Å². The normalized spacial score (nSPS) is 10.4. The molecule has 1 rings (SSSR count). The van der Waals surface area contributed by atoms with Crippen molar-refractivity contribution >= 4 is 6.08 Å². The molecule has 1 radical (unpaired) electrons. The minimum atomic E-state index is 1.18. The van der Waals surface area contributed by atoms with Crippen molar-refractivity contribution in [1.29, 1.82) is 0 Å². The summed E-state index contributed by atoms with van der Waals surface area (Å²) in [5.41, 5.74) is 1.18. The van der Waals surface area contributed by atoms with E-state index in [-0.39, 0.29) is 0 Å². The minimum Gasteiger partial charge on any atom is -0.376 e. The van der Waals surface area contributed by atoms with Crippen molar-refractivity contribution in [3.63, 3.8) is 0 Å². The van der Waals surface area contributed by atoms with E-state index in [0.29, 0.717) is 0 Å². The highest BCUT2D eigenvalue weighted by molar-refractivity contribution is 5.46. The Kier molecular flexibility index (Phi) is 2.73. The van der Waals surface area contributed by atoms with Crippen molar-refractivity contribution in [2.24, 2.45) is 0 Å². The maximum absolute atomic E-state index is 3.07. The van der Waals surface area contributed by atoms with Gasteiger partial charge in [-0.05, 0) is 11.6 Å². The zero-order chi connectivity index (χ0) is 8.10. The molecule has 0 unspecified atom stereocenters. The number of nitrogens with zero attached hydrogens (tertiary/aromatic N) is 1. The van der Waals surface area contributed by atoms with Crippen molar-refractivity contribution in [3.8, 4) is 0 Å². The van der Waals surface area contributed by atoms with Crippen molar-refractivity contribution < 1.29 is 0 Å². The molecule has 0 heterocycles. The van der Waals surface area contributed by atoms with Crippen LogP contribution in [0, 0.1) is 6.20 Å². The van der Waals surface area contributed by atoms with Crippen LogP contribution >= 0.6 is 0 Å². The molecule has 1 nitrogen and oxygen atoms in total. The van der Waals surface area contributed by atoms with Gasteiger partial charge >= 0.3 is 0 Å². The van der Waals surface area contributed by atoms with Gasteiger partial charge in [-0.15, -0.1) is 0 Å². The summed E-state index contributed by atoms with van der Waals surface area (Å²) in [7, 11) is 3.92. The predicted molar refractivity (Wildman–Crippen MR) is 47.8 cm³/mol. The molecule has 0 N–H and O–H groups in total. The fourth-order valence-electron chi connectivity index (χ4n) is 0.753. The fraction of sp³-hybridized carbons (Fsp3) is 0.200. The summed E-state index contributed by atoms with van der Waals surface area (Å²) in [5.74, 6) is 0. The monoisotopic (exact) mass is 146 g/mol. The molecule has 1 heteroatoms. The van der Waals surface area contributed by atoms with Crippen LogP contribution in [0.15, 0.2) is 30.3 Å². The van der Waals surface area contributed by atoms with Crippen LogP contribution in [0.4, 0.5) is 0 Å². The van der Waals surface area contributed by atoms with Gasteiger partial charge in [0, 0.05) is 14.1 Å². The van der Waals surface area contributed by atoms with Gasteiger partial charge in [0.2, 0.25) is 0 Å². The topological polar surface area (TPSA) is 3.24 Å². The second kappa shape index (κ2) is 3.81. The summed E-state index contributed by atoms with van der Waals surface area (Å²) >= 11 is 0. The van der Waals surface area contributed by atoms with Crippen LogP contribution in [0.3, 0.4) is 0 Å². The fourth-order valence-corrected chi connectivity index (χ4v) is 0.753. The van der Waals surface area contributed by atoms with Crippen molar-refractivity contribution in [2.75, 3.05) is 14.1 Å². The Morgan fingerprint density at radius 3 is 2.36 bits per heavy atom. The van der Waals surface area contributed by atoms with Gasteiger partial charge in [-0.3, -0.25) is 0 Å². The van der Waals surface area contributed by atoms with Crippen molar-refractivity contribution in [2.45, 2.75) is 0 Å². The highest BCUT2D eigenvalue weighted by Crippen LogP contribution is 1.99. The van der Waals surface area contributed by atoms with E-state index in [0.717, 1.165) is 0 Å². The molecule has 57 valence electrons. The van der Waals surface area contributed by atoms with Gasteiger partial charge < -0.3 is 4.90 Å². The number of hydrogen-bond donors (Lipinski definition) is 0. The summed E-state index contributed by atoms with van der Waals surface area (Å²) in [6.07, 6.45) is 5.03. The maximum atomic E-state index is 3.07. The summed E-state index contributed by atoms with van der Waals surface area (Å²) in [6.45, 7) is 0. The Labute approximate surface area is 68.0 Å². The molecule has 0 fully saturated rings. The van der Waals surface area contributed by atoms with Gasteiger partial charge in [0.05, 0.1) is 6.20 Å². The van der Waals surface area contributed by atoms with Crippen LogP contribution < -0.4 is 0 Å². The molecule has 11 heavy (non-hydrogen) atoms. The predicted octanol–water partition coefficient (Wildman–Crippen LogP) is 2.02. The Bertz CT molecular complexity index is 224. The van der Waals surface area contributed by atoms with Gasteiger partial charge in [0.15, 0.2) is 0 Å².